The first-order valence-electron chi connectivity index (χ1n) is 9.15. The van der Waals surface area contributed by atoms with Crippen LogP contribution in [0.1, 0.15) is 5.56 Å². The molecule has 2 aromatic carbocycles. The number of fused-ring (bicyclic) bond motifs is 1. The molecule has 0 aliphatic rings. The number of aromatic nitrogens is 2. The van der Waals surface area contributed by atoms with Crippen LogP contribution in [0.3, 0.4) is 0 Å². The van der Waals surface area contributed by atoms with E-state index in [1.54, 1.807) is 37.7 Å². The lowest BCUT2D eigenvalue weighted by molar-refractivity contribution is -0.120. The molecular weight excluding hydrogens is 405 g/mol. The van der Waals surface area contributed by atoms with Crippen molar-refractivity contribution in [1.29, 1.82) is 0 Å². The lowest BCUT2D eigenvalue weighted by Gasteiger charge is -2.20. The van der Waals surface area contributed by atoms with Gasteiger partial charge in [-0.1, -0.05) is 29.5 Å². The number of rotatable bonds is 7. The van der Waals surface area contributed by atoms with E-state index in [9.17, 15) is 9.18 Å². The van der Waals surface area contributed by atoms with Gasteiger partial charge in [0, 0.05) is 18.5 Å². The van der Waals surface area contributed by atoms with Crippen molar-refractivity contribution >= 4 is 32.6 Å². The summed E-state index contributed by atoms with van der Waals surface area (Å²) < 4.78 is 25.4. The van der Waals surface area contributed by atoms with E-state index in [0.717, 1.165) is 15.8 Å². The summed E-state index contributed by atoms with van der Waals surface area (Å²) in [6.07, 6.45) is 3.36. The molecule has 0 aliphatic carbocycles. The highest BCUT2D eigenvalue weighted by molar-refractivity contribution is 7.22. The van der Waals surface area contributed by atoms with Crippen molar-refractivity contribution in [3.8, 4) is 11.5 Å². The molecule has 152 valence electrons. The maximum Gasteiger partial charge on any atom is 0.267 e. The van der Waals surface area contributed by atoms with Gasteiger partial charge in [-0.15, -0.1) is 0 Å². The Morgan fingerprint density at radius 1 is 1.17 bits per heavy atom. The van der Waals surface area contributed by atoms with Gasteiger partial charge < -0.3 is 9.47 Å². The van der Waals surface area contributed by atoms with Crippen LogP contribution in [0, 0.1) is 5.82 Å². The van der Waals surface area contributed by atoms with Gasteiger partial charge in [-0.25, -0.2) is 9.37 Å². The summed E-state index contributed by atoms with van der Waals surface area (Å²) in [4.78, 5) is 23.3. The highest BCUT2D eigenvalue weighted by Gasteiger charge is 2.21. The predicted molar refractivity (Wildman–Crippen MR) is 113 cm³/mol. The maximum atomic E-state index is 13.8. The van der Waals surface area contributed by atoms with Crippen molar-refractivity contribution in [2.75, 3.05) is 18.6 Å². The number of thiazole rings is 1. The molecule has 8 heteroatoms. The van der Waals surface area contributed by atoms with E-state index in [4.69, 9.17) is 9.47 Å². The summed E-state index contributed by atoms with van der Waals surface area (Å²) >= 11 is 1.39. The van der Waals surface area contributed by atoms with Gasteiger partial charge in [0.2, 0.25) is 0 Å². The standard InChI is InChI=1S/C22H18FN3O3S/c1-28-16-8-9-20-18(11-16)25-22(30-20)26(13-15-5-4-10-24-12-15)21(27)14-29-19-7-3-2-6-17(19)23/h2-12H,13-14H2,1H3. The Labute approximate surface area is 176 Å². The monoisotopic (exact) mass is 423 g/mol. The van der Waals surface area contributed by atoms with Crippen molar-refractivity contribution in [3.63, 3.8) is 0 Å². The molecule has 6 nitrogen and oxygen atoms in total. The number of carbonyl (C=O) groups excluding carboxylic acids is 1. The molecule has 0 bridgehead atoms. The summed E-state index contributed by atoms with van der Waals surface area (Å²) in [5.74, 6) is -0.141. The van der Waals surface area contributed by atoms with Gasteiger partial charge in [-0.3, -0.25) is 14.7 Å². The summed E-state index contributed by atoms with van der Waals surface area (Å²) in [6.45, 7) is -0.0509. The summed E-state index contributed by atoms with van der Waals surface area (Å²) in [7, 11) is 1.59. The Hall–Kier alpha value is -3.52. The van der Waals surface area contributed by atoms with E-state index in [1.165, 1.54) is 28.4 Å². The van der Waals surface area contributed by atoms with Gasteiger partial charge in [0.1, 0.15) is 5.75 Å². The Morgan fingerprint density at radius 3 is 2.80 bits per heavy atom. The van der Waals surface area contributed by atoms with Crippen LogP contribution in [0.25, 0.3) is 10.2 Å². The zero-order valence-electron chi connectivity index (χ0n) is 16.1. The van der Waals surface area contributed by atoms with Gasteiger partial charge >= 0.3 is 0 Å². The fraction of sp³-hybridized carbons (Fsp3) is 0.136. The maximum absolute atomic E-state index is 13.8. The first kappa shape index (κ1) is 19.8. The Balaban J connectivity index is 1.62. The lowest BCUT2D eigenvalue weighted by atomic mass is 10.2. The molecule has 1 amide bonds. The van der Waals surface area contributed by atoms with Crippen molar-refractivity contribution in [3.05, 3.63) is 78.4 Å². The number of hydrogen-bond donors (Lipinski definition) is 0. The second-order valence-electron chi connectivity index (χ2n) is 6.39. The number of carbonyl (C=O) groups is 1. The molecule has 0 aliphatic heterocycles. The van der Waals surface area contributed by atoms with Crippen molar-refractivity contribution < 1.29 is 18.7 Å². The average Bonchev–Trinajstić information content (AvgIpc) is 3.20. The van der Waals surface area contributed by atoms with E-state index < -0.39 is 5.82 Å². The average molecular weight is 423 g/mol. The minimum atomic E-state index is -0.517. The molecule has 0 saturated heterocycles. The molecule has 2 aromatic heterocycles. The molecule has 0 radical (unpaired) electrons. The second-order valence-corrected chi connectivity index (χ2v) is 7.40. The van der Waals surface area contributed by atoms with Crippen LogP contribution < -0.4 is 14.4 Å². The van der Waals surface area contributed by atoms with Crippen LogP contribution >= 0.6 is 11.3 Å². The van der Waals surface area contributed by atoms with E-state index in [-0.39, 0.29) is 24.8 Å². The minimum Gasteiger partial charge on any atom is -0.497 e. The number of anilines is 1. The van der Waals surface area contributed by atoms with Gasteiger partial charge in [0.25, 0.3) is 5.91 Å². The van der Waals surface area contributed by atoms with Crippen LogP contribution in [0.5, 0.6) is 11.5 Å². The molecule has 4 aromatic rings. The third-order valence-electron chi connectivity index (χ3n) is 4.37. The molecule has 4 rings (SSSR count). The number of methoxy groups -OCH3 is 1. The van der Waals surface area contributed by atoms with Gasteiger partial charge in [-0.05, 0) is 35.9 Å². The number of pyridine rings is 1. The smallest absolute Gasteiger partial charge is 0.267 e. The first-order chi connectivity index (χ1) is 14.6. The van der Waals surface area contributed by atoms with Gasteiger partial charge in [-0.2, -0.15) is 0 Å². The van der Waals surface area contributed by atoms with E-state index in [0.29, 0.717) is 10.9 Å². The Kier molecular flexibility index (Phi) is 5.85. The zero-order valence-corrected chi connectivity index (χ0v) is 16.9. The number of halogens is 1. The molecule has 30 heavy (non-hydrogen) atoms. The zero-order chi connectivity index (χ0) is 20.9. The van der Waals surface area contributed by atoms with Crippen LogP contribution in [0.2, 0.25) is 0 Å². The summed E-state index contributed by atoms with van der Waals surface area (Å²) in [5.41, 5.74) is 1.57. The molecule has 0 unspecified atom stereocenters. The third kappa shape index (κ3) is 4.38. The van der Waals surface area contributed by atoms with Gasteiger partial charge in [0.05, 0.1) is 23.9 Å². The number of benzene rings is 2. The van der Waals surface area contributed by atoms with E-state index >= 15 is 0 Å². The number of amides is 1. The minimum absolute atomic E-state index is 0.0289. The normalized spacial score (nSPS) is 10.7. The van der Waals surface area contributed by atoms with Crippen molar-refractivity contribution in [1.82, 2.24) is 9.97 Å². The predicted octanol–water partition coefficient (Wildman–Crippen LogP) is 4.45. The fourth-order valence-corrected chi connectivity index (χ4v) is 3.82. The number of nitrogens with zero attached hydrogens (tertiary/aromatic N) is 3. The number of para-hydroxylation sites is 1. The molecule has 0 fully saturated rings. The molecule has 0 saturated carbocycles. The quantitative estimate of drug-likeness (QED) is 0.439. The van der Waals surface area contributed by atoms with E-state index in [2.05, 4.69) is 9.97 Å². The topological polar surface area (TPSA) is 64.5 Å². The van der Waals surface area contributed by atoms with Crippen LogP contribution in [0.15, 0.2) is 67.0 Å². The number of hydrogen-bond acceptors (Lipinski definition) is 6. The number of ether oxygens (including phenoxy) is 2. The largest absolute Gasteiger partial charge is 0.497 e. The highest BCUT2D eigenvalue weighted by Crippen LogP contribution is 2.32. The SMILES string of the molecule is COc1ccc2sc(N(Cc3cccnc3)C(=O)COc3ccccc3F)nc2c1. The summed E-state index contributed by atoms with van der Waals surface area (Å²) in [5, 5.41) is 0.518. The van der Waals surface area contributed by atoms with Crippen LogP contribution in [-0.2, 0) is 11.3 Å². The Bertz CT molecular complexity index is 1170. The molecule has 2 heterocycles. The second kappa shape index (κ2) is 8.87. The molecule has 0 spiro atoms. The molecular formula is C22H18FN3O3S. The highest BCUT2D eigenvalue weighted by atomic mass is 32.1. The molecule has 0 N–H and O–H groups in total. The molecule has 0 atom stereocenters. The Morgan fingerprint density at radius 2 is 2.03 bits per heavy atom. The first-order valence-corrected chi connectivity index (χ1v) is 9.97. The van der Waals surface area contributed by atoms with Gasteiger partial charge in [0.15, 0.2) is 23.3 Å². The van der Waals surface area contributed by atoms with Crippen LogP contribution in [-0.4, -0.2) is 29.6 Å². The summed E-state index contributed by atoms with van der Waals surface area (Å²) in [6, 6.07) is 15.2. The van der Waals surface area contributed by atoms with Crippen molar-refractivity contribution in [2.24, 2.45) is 0 Å². The fourth-order valence-electron chi connectivity index (χ4n) is 2.85. The van der Waals surface area contributed by atoms with Crippen molar-refractivity contribution in [2.45, 2.75) is 6.54 Å². The third-order valence-corrected chi connectivity index (χ3v) is 5.43. The lowest BCUT2D eigenvalue weighted by Crippen LogP contribution is -2.34. The van der Waals surface area contributed by atoms with E-state index in [1.807, 2.05) is 24.3 Å². The van der Waals surface area contributed by atoms with Crippen LogP contribution in [0.4, 0.5) is 9.52 Å².